The van der Waals surface area contributed by atoms with Crippen LogP contribution in [0.15, 0.2) is 66.7 Å². The zero-order chi connectivity index (χ0) is 19.9. The lowest BCUT2D eigenvalue weighted by Gasteiger charge is -2.12. The van der Waals surface area contributed by atoms with Crippen LogP contribution in [0.1, 0.15) is 16.7 Å². The Morgan fingerprint density at radius 3 is 2.54 bits per heavy atom. The Bertz CT molecular complexity index is 978. The third kappa shape index (κ3) is 5.38. The summed E-state index contributed by atoms with van der Waals surface area (Å²) in [5.41, 5.74) is 2.81. The van der Waals surface area contributed by atoms with Gasteiger partial charge in [-0.05, 0) is 42.0 Å². The molecule has 3 aromatic rings. The van der Waals surface area contributed by atoms with Gasteiger partial charge in [0.2, 0.25) is 0 Å². The number of rotatable bonds is 7. The van der Waals surface area contributed by atoms with Crippen molar-refractivity contribution in [1.82, 2.24) is 5.32 Å². The number of hydrogen-bond acceptors (Lipinski definition) is 3. The van der Waals surface area contributed by atoms with Crippen LogP contribution in [0.3, 0.4) is 0 Å². The molecule has 1 N–H and O–H groups in total. The number of ether oxygens (including phenoxy) is 2. The van der Waals surface area contributed by atoms with Crippen LogP contribution in [0, 0.1) is 0 Å². The Hall–Kier alpha value is -2.27. The molecule has 0 bridgehead atoms. The Morgan fingerprint density at radius 2 is 1.79 bits per heavy atom. The Balaban J connectivity index is 1.61. The molecule has 28 heavy (non-hydrogen) atoms. The first kappa shape index (κ1) is 20.5. The molecule has 0 aliphatic heterocycles. The zero-order valence-corrected chi connectivity index (χ0v) is 17.6. The molecule has 0 radical (unpaired) electrons. The van der Waals surface area contributed by atoms with Gasteiger partial charge in [0.05, 0.1) is 12.1 Å². The average molecular weight is 432 g/mol. The topological polar surface area (TPSA) is 30.5 Å². The Kier molecular flexibility index (Phi) is 7.15. The molecule has 6 heteroatoms. The van der Waals surface area contributed by atoms with Crippen LogP contribution in [-0.4, -0.2) is 12.1 Å². The second-order valence-electron chi connectivity index (χ2n) is 6.06. The van der Waals surface area contributed by atoms with Crippen molar-refractivity contribution in [1.29, 1.82) is 0 Å². The molecule has 0 aliphatic rings. The van der Waals surface area contributed by atoms with Gasteiger partial charge in [-0.1, -0.05) is 65.8 Å². The summed E-state index contributed by atoms with van der Waals surface area (Å²) in [6, 6.07) is 20.9. The quantitative estimate of drug-likeness (QED) is 0.461. The predicted octanol–water partition coefficient (Wildman–Crippen LogP) is 6.05. The van der Waals surface area contributed by atoms with Crippen LogP contribution in [0.2, 0.25) is 10.0 Å². The molecule has 0 fully saturated rings. The van der Waals surface area contributed by atoms with Crippen molar-refractivity contribution >= 4 is 40.4 Å². The third-order valence-electron chi connectivity index (χ3n) is 4.12. The fraction of sp³-hybridized carbons (Fsp3) is 0.136. The molecule has 0 aliphatic carbocycles. The summed E-state index contributed by atoms with van der Waals surface area (Å²) in [6.45, 7) is 0.940. The minimum Gasteiger partial charge on any atom is -0.497 e. The summed E-state index contributed by atoms with van der Waals surface area (Å²) in [4.78, 5) is 0.613. The van der Waals surface area contributed by atoms with E-state index in [0.717, 1.165) is 22.4 Å². The van der Waals surface area contributed by atoms with E-state index < -0.39 is 0 Å². The van der Waals surface area contributed by atoms with Crippen molar-refractivity contribution in [2.24, 2.45) is 0 Å². The van der Waals surface area contributed by atoms with E-state index in [4.69, 9.17) is 44.9 Å². The van der Waals surface area contributed by atoms with E-state index in [2.05, 4.69) is 5.32 Å². The summed E-state index contributed by atoms with van der Waals surface area (Å²) in [6.07, 6.45) is 0. The molecule has 0 unspecified atom stereocenters. The van der Waals surface area contributed by atoms with E-state index in [1.54, 1.807) is 13.2 Å². The van der Waals surface area contributed by atoms with Crippen LogP contribution in [-0.2, 0) is 13.2 Å². The number of halogens is 2. The summed E-state index contributed by atoms with van der Waals surface area (Å²) < 4.78 is 11.0. The van der Waals surface area contributed by atoms with Crippen molar-refractivity contribution in [3.05, 3.63) is 93.5 Å². The van der Waals surface area contributed by atoms with Gasteiger partial charge >= 0.3 is 0 Å². The fourth-order valence-corrected chi connectivity index (χ4v) is 3.22. The highest BCUT2D eigenvalue weighted by molar-refractivity contribution is 7.80. The summed E-state index contributed by atoms with van der Waals surface area (Å²) in [5.74, 6) is 1.40. The van der Waals surface area contributed by atoms with Crippen molar-refractivity contribution in [2.75, 3.05) is 7.11 Å². The fourth-order valence-electron chi connectivity index (χ4n) is 2.60. The van der Waals surface area contributed by atoms with Gasteiger partial charge < -0.3 is 14.8 Å². The minimum absolute atomic E-state index is 0.345. The SMILES string of the molecule is COc1cccc(CNC(=S)c2ccc(OCc3ccccc3Cl)c(Cl)c2)c1. The second-order valence-corrected chi connectivity index (χ2v) is 7.28. The zero-order valence-electron chi connectivity index (χ0n) is 15.2. The average Bonchev–Trinajstić information content (AvgIpc) is 2.72. The molecule has 144 valence electrons. The number of hydrogen-bond donors (Lipinski definition) is 1. The second kappa shape index (κ2) is 9.78. The van der Waals surface area contributed by atoms with Crippen molar-refractivity contribution < 1.29 is 9.47 Å². The third-order valence-corrected chi connectivity index (χ3v) is 5.17. The van der Waals surface area contributed by atoms with Gasteiger partial charge in [-0.15, -0.1) is 0 Å². The van der Waals surface area contributed by atoms with Crippen LogP contribution in [0.5, 0.6) is 11.5 Å². The van der Waals surface area contributed by atoms with Gasteiger partial charge in [0.1, 0.15) is 23.1 Å². The summed E-state index contributed by atoms with van der Waals surface area (Å²) in [7, 11) is 1.65. The lowest BCUT2D eigenvalue weighted by atomic mass is 10.2. The normalized spacial score (nSPS) is 10.4. The number of thiocarbonyl (C=S) groups is 1. The Labute approximate surface area is 180 Å². The highest BCUT2D eigenvalue weighted by atomic mass is 35.5. The predicted molar refractivity (Wildman–Crippen MR) is 119 cm³/mol. The van der Waals surface area contributed by atoms with Crippen molar-refractivity contribution in [3.8, 4) is 11.5 Å². The smallest absolute Gasteiger partial charge is 0.138 e. The first-order valence-corrected chi connectivity index (χ1v) is 9.80. The van der Waals surface area contributed by atoms with E-state index in [9.17, 15) is 0 Å². The summed E-state index contributed by atoms with van der Waals surface area (Å²) in [5, 5.41) is 4.40. The lowest BCUT2D eigenvalue weighted by Crippen LogP contribution is -2.21. The number of nitrogens with one attached hydrogen (secondary N) is 1. The molecule has 0 amide bonds. The van der Waals surface area contributed by atoms with E-state index in [1.165, 1.54) is 0 Å². The maximum atomic E-state index is 6.37. The van der Waals surface area contributed by atoms with E-state index in [0.29, 0.717) is 33.9 Å². The van der Waals surface area contributed by atoms with Crippen molar-refractivity contribution in [3.63, 3.8) is 0 Å². The maximum absolute atomic E-state index is 6.37. The molecular formula is C22H19Cl2NO2S. The monoisotopic (exact) mass is 431 g/mol. The molecule has 3 aromatic carbocycles. The standard InChI is InChI=1S/C22H19Cl2NO2S/c1-26-18-7-4-5-15(11-18)13-25-22(28)16-9-10-21(20(24)12-16)27-14-17-6-2-3-8-19(17)23/h2-12H,13-14H2,1H3,(H,25,28). The first-order chi connectivity index (χ1) is 13.6. The van der Waals surface area contributed by atoms with Gasteiger partial charge in [-0.2, -0.15) is 0 Å². The van der Waals surface area contributed by atoms with Crippen LogP contribution in [0.25, 0.3) is 0 Å². The first-order valence-electron chi connectivity index (χ1n) is 8.63. The molecule has 0 heterocycles. The van der Waals surface area contributed by atoms with Gasteiger partial charge in [-0.25, -0.2) is 0 Å². The largest absolute Gasteiger partial charge is 0.497 e. The highest BCUT2D eigenvalue weighted by Gasteiger charge is 2.08. The molecule has 3 nitrogen and oxygen atoms in total. The molecule has 0 aromatic heterocycles. The van der Waals surface area contributed by atoms with Gasteiger partial charge in [0.25, 0.3) is 0 Å². The van der Waals surface area contributed by atoms with Crippen molar-refractivity contribution in [2.45, 2.75) is 13.2 Å². The van der Waals surface area contributed by atoms with Gasteiger partial charge in [0, 0.05) is 22.7 Å². The van der Waals surface area contributed by atoms with E-state index in [-0.39, 0.29) is 0 Å². The van der Waals surface area contributed by atoms with Crippen LogP contribution < -0.4 is 14.8 Å². The molecule has 0 saturated carbocycles. The molecular weight excluding hydrogens is 413 g/mol. The number of methoxy groups -OCH3 is 1. The minimum atomic E-state index is 0.345. The number of benzene rings is 3. The molecule has 0 spiro atoms. The maximum Gasteiger partial charge on any atom is 0.138 e. The van der Waals surface area contributed by atoms with Crippen LogP contribution >= 0.6 is 35.4 Å². The highest BCUT2D eigenvalue weighted by Crippen LogP contribution is 2.27. The molecule has 0 saturated heterocycles. The Morgan fingerprint density at radius 1 is 0.964 bits per heavy atom. The lowest BCUT2D eigenvalue weighted by molar-refractivity contribution is 0.306. The van der Waals surface area contributed by atoms with E-state index >= 15 is 0 Å². The van der Waals surface area contributed by atoms with Gasteiger partial charge in [-0.3, -0.25) is 0 Å². The summed E-state index contributed by atoms with van der Waals surface area (Å²) >= 11 is 18.0. The van der Waals surface area contributed by atoms with Gasteiger partial charge in [0.15, 0.2) is 0 Å². The molecule has 0 atom stereocenters. The molecule has 3 rings (SSSR count). The van der Waals surface area contributed by atoms with Crippen LogP contribution in [0.4, 0.5) is 0 Å². The van der Waals surface area contributed by atoms with E-state index in [1.807, 2.05) is 60.7 Å².